The van der Waals surface area contributed by atoms with Gasteiger partial charge in [0.2, 0.25) is 5.54 Å². The van der Waals surface area contributed by atoms with Crippen LogP contribution in [0.1, 0.15) is 17.0 Å². The molecule has 2 aromatic rings. The third-order valence-corrected chi connectivity index (χ3v) is 5.82. The van der Waals surface area contributed by atoms with E-state index in [4.69, 9.17) is 15.2 Å². The topological polar surface area (TPSA) is 78.6 Å². The number of nitrogens with two attached hydrogens (primary N) is 1. The molecule has 0 heterocycles. The Labute approximate surface area is 171 Å². The zero-order valence-corrected chi connectivity index (χ0v) is 16.8. The first kappa shape index (κ1) is 19.6. The van der Waals surface area contributed by atoms with Crippen LogP contribution in [0.3, 0.4) is 0 Å². The molecule has 0 radical (unpaired) electrons. The van der Waals surface area contributed by atoms with Gasteiger partial charge in [-0.3, -0.25) is 0 Å². The summed E-state index contributed by atoms with van der Waals surface area (Å²) in [5, 5.41) is 0. The molecule has 3 rings (SSSR count). The number of hydrogen-bond acceptors (Lipinski definition) is 5. The first-order valence-corrected chi connectivity index (χ1v) is 10.0. The number of carbonyl (C=O) groups is 2. The van der Waals surface area contributed by atoms with Crippen LogP contribution in [-0.2, 0) is 19.1 Å². The van der Waals surface area contributed by atoms with Crippen molar-refractivity contribution in [1.82, 2.24) is 0 Å². The third-order valence-electron chi connectivity index (χ3n) is 4.62. The van der Waals surface area contributed by atoms with Crippen LogP contribution in [0, 0.1) is 0 Å². The van der Waals surface area contributed by atoms with Gasteiger partial charge in [0, 0.05) is 10.3 Å². The maximum absolute atomic E-state index is 12.6. The van der Waals surface area contributed by atoms with Crippen LogP contribution in [0.25, 0.3) is 11.1 Å². The number of rotatable bonds is 7. The summed E-state index contributed by atoms with van der Waals surface area (Å²) in [7, 11) is 0. The van der Waals surface area contributed by atoms with Crippen LogP contribution in [0.15, 0.2) is 61.2 Å². The summed E-state index contributed by atoms with van der Waals surface area (Å²) in [5.74, 6) is -1.69. The van der Waals surface area contributed by atoms with Gasteiger partial charge in [-0.15, -0.1) is 0 Å². The van der Waals surface area contributed by atoms with Gasteiger partial charge < -0.3 is 15.2 Å². The number of alkyl halides is 1. The maximum atomic E-state index is 12.6. The van der Waals surface area contributed by atoms with E-state index in [1.54, 1.807) is 0 Å². The van der Waals surface area contributed by atoms with Gasteiger partial charge >= 0.3 is 11.9 Å². The van der Waals surface area contributed by atoms with Gasteiger partial charge in [-0.1, -0.05) is 83.8 Å². The Bertz CT molecular complexity index is 836. The molecule has 0 bridgehead atoms. The Kier molecular flexibility index (Phi) is 5.96. The maximum Gasteiger partial charge on any atom is 0.338 e. The second-order valence-electron chi connectivity index (χ2n) is 6.32. The summed E-state index contributed by atoms with van der Waals surface area (Å²) in [6, 6.07) is 16.1. The van der Waals surface area contributed by atoms with Crippen molar-refractivity contribution in [3.05, 3.63) is 72.3 Å². The highest BCUT2D eigenvalue weighted by Crippen LogP contribution is 2.44. The van der Waals surface area contributed by atoms with Gasteiger partial charge in [0.05, 0.1) is 0 Å². The van der Waals surface area contributed by atoms with E-state index in [0.29, 0.717) is 0 Å². The fourth-order valence-electron chi connectivity index (χ4n) is 3.18. The number of hydrogen-bond donors (Lipinski definition) is 1. The summed E-state index contributed by atoms with van der Waals surface area (Å²) < 4.78 is 10.5. The minimum atomic E-state index is -1.83. The predicted molar refractivity (Wildman–Crippen MR) is 112 cm³/mol. The van der Waals surface area contributed by atoms with E-state index in [-0.39, 0.29) is 23.6 Å². The molecule has 1 aliphatic rings. The molecule has 0 saturated heterocycles. The highest BCUT2D eigenvalue weighted by molar-refractivity contribution is 14.1. The van der Waals surface area contributed by atoms with E-state index in [2.05, 4.69) is 18.7 Å². The van der Waals surface area contributed by atoms with E-state index in [1.807, 2.05) is 59.0 Å². The van der Waals surface area contributed by atoms with Crippen LogP contribution in [-0.4, -0.2) is 35.1 Å². The van der Waals surface area contributed by atoms with Crippen molar-refractivity contribution in [3.63, 3.8) is 0 Å². The second-order valence-corrected chi connectivity index (χ2v) is 7.08. The fraction of sp³-hybridized carbons (Fsp3) is 0.238. The molecule has 0 aromatic heterocycles. The lowest BCUT2D eigenvalue weighted by Gasteiger charge is -2.24. The van der Waals surface area contributed by atoms with E-state index in [9.17, 15) is 9.59 Å². The number of fused-ring (bicyclic) bond motifs is 3. The Balaban J connectivity index is 1.79. The molecule has 1 atom stereocenters. The van der Waals surface area contributed by atoms with Crippen LogP contribution < -0.4 is 5.73 Å². The van der Waals surface area contributed by atoms with Gasteiger partial charge in [-0.25, -0.2) is 9.59 Å². The first-order chi connectivity index (χ1) is 13.0. The molecule has 5 nitrogen and oxygen atoms in total. The van der Waals surface area contributed by atoms with Crippen molar-refractivity contribution in [3.8, 4) is 11.1 Å². The molecule has 0 aliphatic heterocycles. The van der Waals surface area contributed by atoms with Crippen molar-refractivity contribution < 1.29 is 19.1 Å². The SMILES string of the molecule is C=CCOC(=O)C(N)(CI)C(=O)OCC1c2ccccc2-c2ccccc21. The fourth-order valence-corrected chi connectivity index (χ4v) is 3.81. The number of carbonyl (C=O) groups excluding carboxylic acids is 2. The Morgan fingerprint density at radius 1 is 1.04 bits per heavy atom. The van der Waals surface area contributed by atoms with Crippen LogP contribution in [0.2, 0.25) is 0 Å². The van der Waals surface area contributed by atoms with Crippen molar-refractivity contribution >= 4 is 34.5 Å². The molecule has 1 unspecified atom stereocenters. The van der Waals surface area contributed by atoms with Crippen LogP contribution >= 0.6 is 22.6 Å². The predicted octanol–water partition coefficient (Wildman–Crippen LogP) is 3.20. The molecule has 140 valence electrons. The van der Waals surface area contributed by atoms with E-state index in [0.717, 1.165) is 22.3 Å². The monoisotopic (exact) mass is 477 g/mol. The quantitative estimate of drug-likeness (QED) is 0.218. The summed E-state index contributed by atoms with van der Waals surface area (Å²) in [4.78, 5) is 24.8. The molecule has 27 heavy (non-hydrogen) atoms. The Morgan fingerprint density at radius 2 is 1.56 bits per heavy atom. The molecule has 1 aliphatic carbocycles. The normalized spacial score (nSPS) is 14.6. The minimum absolute atomic E-state index is 0.00885. The Hall–Kier alpha value is -2.19. The van der Waals surface area contributed by atoms with Crippen molar-refractivity contribution in [1.29, 1.82) is 0 Å². The van der Waals surface area contributed by atoms with E-state index >= 15 is 0 Å². The van der Waals surface area contributed by atoms with Crippen LogP contribution in [0.4, 0.5) is 0 Å². The van der Waals surface area contributed by atoms with E-state index in [1.165, 1.54) is 6.08 Å². The lowest BCUT2D eigenvalue weighted by Crippen LogP contribution is -2.58. The second kappa shape index (κ2) is 8.22. The van der Waals surface area contributed by atoms with Crippen LogP contribution in [0.5, 0.6) is 0 Å². The van der Waals surface area contributed by atoms with Crippen molar-refractivity contribution in [2.24, 2.45) is 5.73 Å². The smallest absolute Gasteiger partial charge is 0.338 e. The van der Waals surface area contributed by atoms with Gasteiger partial charge in [-0.05, 0) is 22.3 Å². The highest BCUT2D eigenvalue weighted by Gasteiger charge is 2.45. The summed E-state index contributed by atoms with van der Waals surface area (Å²) in [5.41, 5.74) is 8.63. The largest absolute Gasteiger partial charge is 0.463 e. The van der Waals surface area contributed by atoms with Gasteiger partial charge in [0.15, 0.2) is 0 Å². The molecule has 0 fully saturated rings. The molecule has 0 spiro atoms. The molecular weight excluding hydrogens is 457 g/mol. The average Bonchev–Trinajstić information content (AvgIpc) is 3.03. The summed E-state index contributed by atoms with van der Waals surface area (Å²) in [6.45, 7) is 3.58. The zero-order chi connectivity index (χ0) is 19.4. The lowest BCUT2D eigenvalue weighted by molar-refractivity contribution is -0.162. The van der Waals surface area contributed by atoms with Crippen molar-refractivity contribution in [2.45, 2.75) is 11.5 Å². The number of ether oxygens (including phenoxy) is 2. The Morgan fingerprint density at radius 3 is 2.07 bits per heavy atom. The van der Waals surface area contributed by atoms with Gasteiger partial charge in [0.25, 0.3) is 0 Å². The van der Waals surface area contributed by atoms with Crippen molar-refractivity contribution in [2.75, 3.05) is 17.6 Å². The summed E-state index contributed by atoms with van der Waals surface area (Å²) >= 11 is 1.88. The average molecular weight is 477 g/mol. The lowest BCUT2D eigenvalue weighted by atomic mass is 9.98. The molecule has 6 heteroatoms. The number of halogens is 1. The number of benzene rings is 2. The van der Waals surface area contributed by atoms with E-state index < -0.39 is 17.5 Å². The molecule has 2 N–H and O–H groups in total. The summed E-state index contributed by atoms with van der Waals surface area (Å²) in [6.07, 6.45) is 1.42. The highest BCUT2D eigenvalue weighted by atomic mass is 127. The first-order valence-electron chi connectivity index (χ1n) is 8.51. The zero-order valence-electron chi connectivity index (χ0n) is 14.7. The standard InChI is InChI=1S/C21H20INO4/c1-2-11-26-19(24)21(23,13-22)20(25)27-12-18-16-9-5-3-7-14(16)15-8-4-6-10-17(15)18/h2-10,18H,1,11-13,23H2. The number of esters is 2. The molecule has 0 amide bonds. The molecular formula is C21H20INO4. The van der Waals surface area contributed by atoms with Gasteiger partial charge in [0.1, 0.15) is 13.2 Å². The molecule has 0 saturated carbocycles. The van der Waals surface area contributed by atoms with Gasteiger partial charge in [-0.2, -0.15) is 0 Å². The molecule has 2 aromatic carbocycles. The minimum Gasteiger partial charge on any atom is -0.463 e. The third kappa shape index (κ3) is 3.64.